The molecule has 0 spiro atoms. The molecule has 3 aromatic rings. The Morgan fingerprint density at radius 3 is 2.20 bits per heavy atom. The van der Waals surface area contributed by atoms with Crippen LogP contribution in [0.25, 0.3) is 6.08 Å². The van der Waals surface area contributed by atoms with Gasteiger partial charge >= 0.3 is 12.1 Å². The van der Waals surface area contributed by atoms with Gasteiger partial charge in [-0.3, -0.25) is 43.4 Å². The molecule has 3 heterocycles. The van der Waals surface area contributed by atoms with E-state index in [9.17, 15) is 43.2 Å². The van der Waals surface area contributed by atoms with Gasteiger partial charge in [-0.1, -0.05) is 52.3 Å². The summed E-state index contributed by atoms with van der Waals surface area (Å²) < 4.78 is 5.41. The fourth-order valence-corrected chi connectivity index (χ4v) is 8.08. The number of rotatable bonds is 27. The molecule has 0 saturated heterocycles. The molecule has 0 radical (unpaired) electrons. The van der Waals surface area contributed by atoms with Crippen molar-refractivity contribution in [1.29, 1.82) is 0 Å². The predicted molar refractivity (Wildman–Crippen MR) is 282 cm³/mol. The average Bonchev–Trinajstić information content (AvgIpc) is 3.59. The lowest BCUT2D eigenvalue weighted by molar-refractivity contribution is -0.137. The van der Waals surface area contributed by atoms with Gasteiger partial charge in [0.05, 0.1) is 17.6 Å². The summed E-state index contributed by atoms with van der Waals surface area (Å²) in [5.41, 5.74) is 15.3. The van der Waals surface area contributed by atoms with Crippen molar-refractivity contribution in [3.63, 3.8) is 0 Å². The van der Waals surface area contributed by atoms with Crippen molar-refractivity contribution in [2.24, 2.45) is 22.4 Å². The first kappa shape index (κ1) is 57.5. The number of nitrogens with one attached hydrogen (secondary N) is 6. The number of primary amides is 1. The Hall–Kier alpha value is -8.43. The van der Waals surface area contributed by atoms with Crippen molar-refractivity contribution < 1.29 is 47.9 Å². The lowest BCUT2D eigenvalue weighted by Crippen LogP contribution is -2.54. The van der Waals surface area contributed by atoms with E-state index in [1.165, 1.54) is 24.5 Å². The molecule has 1 aromatic heterocycles. The average molecular weight is 1030 g/mol. The molecule has 0 fully saturated rings. The molecule has 22 nitrogen and oxygen atoms in total. The number of pyridine rings is 1. The Morgan fingerprint density at radius 1 is 0.800 bits per heavy atom. The zero-order valence-corrected chi connectivity index (χ0v) is 42.9. The Labute approximate surface area is 435 Å². The van der Waals surface area contributed by atoms with Crippen LogP contribution in [0.5, 0.6) is 0 Å². The third-order valence-corrected chi connectivity index (χ3v) is 11.9. The number of aliphatic imine (C=N–C) groups is 1. The quantitative estimate of drug-likeness (QED) is 0.0381. The maximum absolute atomic E-state index is 13.6. The number of benzene rings is 2. The van der Waals surface area contributed by atoms with Crippen LogP contribution < -0.4 is 43.4 Å². The molecule has 5 rings (SSSR count). The molecular formula is C53H68N12O10. The highest BCUT2D eigenvalue weighted by Crippen LogP contribution is 2.29. The van der Waals surface area contributed by atoms with Gasteiger partial charge in [0.2, 0.25) is 23.6 Å². The molecule has 10 amide bonds. The number of aromatic nitrogens is 1. The summed E-state index contributed by atoms with van der Waals surface area (Å²) >= 11 is 0. The summed E-state index contributed by atoms with van der Waals surface area (Å²) in [7, 11) is 0. The van der Waals surface area contributed by atoms with E-state index in [0.717, 1.165) is 17.7 Å². The summed E-state index contributed by atoms with van der Waals surface area (Å²) in [6.45, 7) is 9.14. The monoisotopic (exact) mass is 1030 g/mol. The number of urea groups is 1. The maximum atomic E-state index is 13.6. The number of amidine groups is 1. The van der Waals surface area contributed by atoms with Crippen molar-refractivity contribution in [1.82, 2.24) is 36.1 Å². The summed E-state index contributed by atoms with van der Waals surface area (Å²) in [5, 5.41) is 16.2. The highest BCUT2D eigenvalue weighted by Gasteiger charge is 2.29. The third-order valence-electron chi connectivity index (χ3n) is 11.9. The molecule has 400 valence electrons. The van der Waals surface area contributed by atoms with Gasteiger partial charge in [0, 0.05) is 86.3 Å². The Morgan fingerprint density at radius 2 is 1.52 bits per heavy atom. The van der Waals surface area contributed by atoms with Crippen LogP contribution in [0.4, 0.5) is 26.7 Å². The number of imide groups is 1. The van der Waals surface area contributed by atoms with Gasteiger partial charge < -0.3 is 53.0 Å². The number of fused-ring (bicyclic) bond motifs is 1. The minimum Gasteiger partial charge on any atom is -0.445 e. The lowest BCUT2D eigenvalue weighted by atomic mass is 10.0. The van der Waals surface area contributed by atoms with Gasteiger partial charge in [0.15, 0.2) is 0 Å². The number of unbranched alkanes of at least 4 members (excludes halogenated alkanes) is 2. The molecule has 75 heavy (non-hydrogen) atoms. The summed E-state index contributed by atoms with van der Waals surface area (Å²) in [5.74, 6) is -2.83. The second-order valence-electron chi connectivity index (χ2n) is 18.4. The van der Waals surface area contributed by atoms with Gasteiger partial charge in [0.1, 0.15) is 24.5 Å². The van der Waals surface area contributed by atoms with Crippen LogP contribution >= 0.6 is 0 Å². The second kappa shape index (κ2) is 28.7. The van der Waals surface area contributed by atoms with Gasteiger partial charge in [-0.05, 0) is 92.0 Å². The first-order chi connectivity index (χ1) is 35.9. The molecular weight excluding hydrogens is 965 g/mol. The van der Waals surface area contributed by atoms with Crippen molar-refractivity contribution in [2.75, 3.05) is 36.8 Å². The molecule has 0 bridgehead atoms. The number of amides is 10. The number of carbonyl (C=O) groups is 9. The number of hydrogen-bond acceptors (Lipinski definition) is 13. The number of nitrogens with zero attached hydrogens (tertiary/aromatic N) is 4. The minimum atomic E-state index is -1.07. The van der Waals surface area contributed by atoms with Gasteiger partial charge in [0.25, 0.3) is 17.7 Å². The van der Waals surface area contributed by atoms with Crippen molar-refractivity contribution in [2.45, 2.75) is 111 Å². The van der Waals surface area contributed by atoms with Crippen LogP contribution in [0.3, 0.4) is 0 Å². The normalized spacial score (nSPS) is 13.6. The van der Waals surface area contributed by atoms with Crippen LogP contribution in [0.1, 0.15) is 113 Å². The molecule has 0 saturated carbocycles. The number of ether oxygens (including phenoxy) is 1. The number of carbonyl (C=O) groups excluding carboxylic acids is 9. The van der Waals surface area contributed by atoms with E-state index >= 15 is 0 Å². The first-order valence-corrected chi connectivity index (χ1v) is 25.1. The second-order valence-corrected chi connectivity index (χ2v) is 18.4. The van der Waals surface area contributed by atoms with Gasteiger partial charge in [-0.2, -0.15) is 0 Å². The van der Waals surface area contributed by atoms with E-state index in [4.69, 9.17) is 16.2 Å². The smallest absolute Gasteiger partial charge is 0.407 e. The molecule has 10 N–H and O–H groups in total. The molecule has 0 aliphatic carbocycles. The fourth-order valence-electron chi connectivity index (χ4n) is 8.08. The highest BCUT2D eigenvalue weighted by atomic mass is 16.5. The molecule has 2 atom stereocenters. The molecule has 2 aromatic carbocycles. The van der Waals surface area contributed by atoms with E-state index in [-0.39, 0.29) is 87.3 Å². The van der Waals surface area contributed by atoms with Crippen molar-refractivity contribution >= 4 is 82.4 Å². The topological polar surface area (TPSA) is 319 Å². The highest BCUT2D eigenvalue weighted by molar-refractivity contribution is 6.13. The van der Waals surface area contributed by atoms with Crippen LogP contribution in [-0.4, -0.2) is 112 Å². The summed E-state index contributed by atoms with van der Waals surface area (Å²) in [6.07, 6.45) is 10.4. The largest absolute Gasteiger partial charge is 0.445 e. The van der Waals surface area contributed by atoms with Crippen LogP contribution in [-0.2, 0) is 46.7 Å². The van der Waals surface area contributed by atoms with Crippen molar-refractivity contribution in [3.05, 3.63) is 101 Å². The van der Waals surface area contributed by atoms with Gasteiger partial charge in [-0.25, -0.2) is 14.6 Å². The molecule has 2 aliphatic rings. The maximum Gasteiger partial charge on any atom is 0.407 e. The standard InChI is InChI=1S/C53H68N12O10/c1-5-22-64(23-6-2)51(72)38-26-36-15-16-37(27-42(36)61-43(54)28-38)48(69)60-40-25-35(29-56-31-40)30-58-53(74)75-32-34-13-17-39(18-14-34)59-49(70)41(11-10-21-57-52(55)73)62-50(71)47(33(3)4)63-44(66)12-8-7-9-24-65-45(67)19-20-46(65)68/h13-20,25-27,29,31,33,41,47H,5-12,21-24,28,30,32H2,1-4H3,(H2,54,61)(H,58,74)(H,59,70)(H,60,69)(H,62,71)(H,63,66)(H3,55,57,73)/t41-,47?/m0/s1. The number of alkyl carbamates (subject to hydrolysis) is 1. The predicted octanol–water partition coefficient (Wildman–Crippen LogP) is 4.68. The van der Waals surface area contributed by atoms with E-state index in [2.05, 4.69) is 41.9 Å². The molecule has 22 heteroatoms. The van der Waals surface area contributed by atoms with E-state index in [0.29, 0.717) is 77.2 Å². The first-order valence-electron chi connectivity index (χ1n) is 25.1. The molecule has 1 unspecified atom stereocenters. The SMILES string of the molecule is CCCN(CCC)C(=O)C1=Cc2ccc(C(=O)Nc3cncc(CNC(=O)OCc4ccc(NC(=O)[C@H](CCCNC(N)=O)NC(=O)C(NC(=O)CCCCCN5C(=O)C=CC5=O)C(C)C)cc4)c3)cc2N=C(N)C1. The van der Waals surface area contributed by atoms with E-state index in [1.807, 2.05) is 18.7 Å². The number of anilines is 2. The fraction of sp³-hybridized carbons (Fsp3) is 0.415. The Kier molecular flexibility index (Phi) is 22.0. The van der Waals surface area contributed by atoms with E-state index < -0.39 is 41.9 Å². The summed E-state index contributed by atoms with van der Waals surface area (Å²) in [6, 6.07) is 10.3. The Bertz CT molecular complexity index is 2640. The van der Waals surface area contributed by atoms with Gasteiger partial charge in [-0.15, -0.1) is 0 Å². The van der Waals surface area contributed by atoms with Crippen LogP contribution in [0.15, 0.2) is 83.6 Å². The van der Waals surface area contributed by atoms with Crippen molar-refractivity contribution in [3.8, 4) is 0 Å². The Balaban J connectivity index is 1.09. The summed E-state index contributed by atoms with van der Waals surface area (Å²) in [4.78, 5) is 126. The van der Waals surface area contributed by atoms with E-state index in [1.54, 1.807) is 68.5 Å². The zero-order valence-electron chi connectivity index (χ0n) is 42.9. The lowest BCUT2D eigenvalue weighted by Gasteiger charge is -2.25. The third kappa shape index (κ3) is 18.2. The van der Waals surface area contributed by atoms with Crippen LogP contribution in [0, 0.1) is 5.92 Å². The number of hydrogen-bond donors (Lipinski definition) is 8. The van der Waals surface area contributed by atoms with Crippen LogP contribution in [0.2, 0.25) is 0 Å². The minimum absolute atomic E-state index is 0.0301. The number of nitrogens with two attached hydrogens (primary N) is 2. The zero-order chi connectivity index (χ0) is 54.4. The molecule has 2 aliphatic heterocycles.